The number of piperazine rings is 1. The highest BCUT2D eigenvalue weighted by molar-refractivity contribution is 5.76. The summed E-state index contributed by atoms with van der Waals surface area (Å²) in [5.41, 5.74) is 0. The first-order valence-corrected chi connectivity index (χ1v) is 6.60. The predicted octanol–water partition coefficient (Wildman–Crippen LogP) is -1.01. The molecule has 1 aliphatic rings. The summed E-state index contributed by atoms with van der Waals surface area (Å²) in [6.45, 7) is 3.81. The molecule has 1 fully saturated rings. The summed E-state index contributed by atoms with van der Waals surface area (Å²) in [5.74, 6) is -0.155. The summed E-state index contributed by atoms with van der Waals surface area (Å²) < 4.78 is 6.13. The van der Waals surface area contributed by atoms with E-state index in [1.54, 1.807) is 12.4 Å². The Hall–Kier alpha value is -1.96. The highest BCUT2D eigenvalue weighted by Crippen LogP contribution is 2.04. The second kappa shape index (κ2) is 6.99. The van der Waals surface area contributed by atoms with Gasteiger partial charge in [0.05, 0.1) is 19.7 Å². The lowest BCUT2D eigenvalue weighted by Gasteiger charge is -2.34. The minimum Gasteiger partial charge on any atom is -0.469 e. The van der Waals surface area contributed by atoms with Crippen molar-refractivity contribution in [3.05, 3.63) is 12.4 Å². The van der Waals surface area contributed by atoms with Crippen LogP contribution >= 0.6 is 0 Å². The number of amides is 1. The number of aromatic nitrogens is 3. The van der Waals surface area contributed by atoms with E-state index in [0.29, 0.717) is 26.1 Å². The standard InChI is InChI=1S/C12H19N5O3/c1-20-12(19)2-4-15-6-8-16(9-7-15)11(18)10-17-5-3-13-14-17/h3,5H,2,4,6-10H2,1H3. The van der Waals surface area contributed by atoms with E-state index in [4.69, 9.17) is 0 Å². The average molecular weight is 281 g/mol. The fraction of sp³-hybridized carbons (Fsp3) is 0.667. The van der Waals surface area contributed by atoms with Crippen molar-refractivity contribution in [2.75, 3.05) is 39.8 Å². The van der Waals surface area contributed by atoms with Crippen molar-refractivity contribution in [3.8, 4) is 0 Å². The summed E-state index contributed by atoms with van der Waals surface area (Å²) >= 11 is 0. The van der Waals surface area contributed by atoms with Crippen LogP contribution < -0.4 is 0 Å². The Balaban J connectivity index is 1.71. The molecular formula is C12H19N5O3. The van der Waals surface area contributed by atoms with Gasteiger partial charge < -0.3 is 9.64 Å². The van der Waals surface area contributed by atoms with Crippen molar-refractivity contribution in [1.82, 2.24) is 24.8 Å². The van der Waals surface area contributed by atoms with Gasteiger partial charge in [0, 0.05) is 38.9 Å². The van der Waals surface area contributed by atoms with Crippen LogP contribution in [-0.4, -0.2) is 76.5 Å². The summed E-state index contributed by atoms with van der Waals surface area (Å²) in [6, 6.07) is 0. The Morgan fingerprint density at radius 3 is 2.60 bits per heavy atom. The molecule has 0 radical (unpaired) electrons. The van der Waals surface area contributed by atoms with Crippen molar-refractivity contribution in [2.24, 2.45) is 0 Å². The number of esters is 1. The Morgan fingerprint density at radius 1 is 1.25 bits per heavy atom. The van der Waals surface area contributed by atoms with Crippen LogP contribution in [0.2, 0.25) is 0 Å². The smallest absolute Gasteiger partial charge is 0.306 e. The molecule has 1 amide bonds. The molecule has 20 heavy (non-hydrogen) atoms. The van der Waals surface area contributed by atoms with Gasteiger partial charge in [0.1, 0.15) is 6.54 Å². The van der Waals surface area contributed by atoms with Crippen LogP contribution in [0.4, 0.5) is 0 Å². The van der Waals surface area contributed by atoms with E-state index >= 15 is 0 Å². The molecule has 2 rings (SSSR count). The molecule has 1 aromatic heterocycles. The first-order chi connectivity index (χ1) is 9.69. The second-order valence-electron chi connectivity index (χ2n) is 4.65. The Labute approximate surface area is 117 Å². The van der Waals surface area contributed by atoms with Crippen LogP contribution in [0.25, 0.3) is 0 Å². The van der Waals surface area contributed by atoms with Crippen LogP contribution in [0.5, 0.6) is 0 Å². The molecule has 0 N–H and O–H groups in total. The lowest BCUT2D eigenvalue weighted by molar-refractivity contribution is -0.141. The SMILES string of the molecule is COC(=O)CCN1CCN(C(=O)Cn2ccnn2)CC1. The molecule has 1 aromatic rings. The maximum atomic E-state index is 12.0. The molecule has 1 saturated heterocycles. The number of hydrogen-bond donors (Lipinski definition) is 0. The molecule has 8 nitrogen and oxygen atoms in total. The molecule has 0 unspecified atom stereocenters. The molecule has 0 saturated carbocycles. The van der Waals surface area contributed by atoms with Crippen molar-refractivity contribution in [3.63, 3.8) is 0 Å². The third kappa shape index (κ3) is 4.02. The monoisotopic (exact) mass is 281 g/mol. The zero-order valence-corrected chi connectivity index (χ0v) is 11.6. The largest absolute Gasteiger partial charge is 0.469 e. The molecule has 1 aliphatic heterocycles. The molecule has 0 bridgehead atoms. The molecule has 110 valence electrons. The first kappa shape index (κ1) is 14.4. The fourth-order valence-corrected chi connectivity index (χ4v) is 2.13. The van der Waals surface area contributed by atoms with Crippen molar-refractivity contribution in [1.29, 1.82) is 0 Å². The third-order valence-electron chi connectivity index (χ3n) is 3.35. The van der Waals surface area contributed by atoms with Gasteiger partial charge in [-0.15, -0.1) is 5.10 Å². The fourth-order valence-electron chi connectivity index (χ4n) is 2.13. The normalized spacial score (nSPS) is 16.1. The maximum Gasteiger partial charge on any atom is 0.306 e. The van der Waals surface area contributed by atoms with Crippen molar-refractivity contribution >= 4 is 11.9 Å². The van der Waals surface area contributed by atoms with E-state index in [1.807, 2.05) is 4.90 Å². The number of rotatable bonds is 5. The van der Waals surface area contributed by atoms with Crippen molar-refractivity contribution in [2.45, 2.75) is 13.0 Å². The molecule has 0 atom stereocenters. The Bertz CT molecular complexity index is 440. The van der Waals surface area contributed by atoms with Crippen LogP contribution in [0.1, 0.15) is 6.42 Å². The maximum absolute atomic E-state index is 12.0. The lowest BCUT2D eigenvalue weighted by atomic mass is 10.3. The molecular weight excluding hydrogens is 262 g/mol. The minimum absolute atomic E-state index is 0.0446. The summed E-state index contributed by atoms with van der Waals surface area (Å²) in [6.07, 6.45) is 3.62. The van der Waals surface area contributed by atoms with Crippen LogP contribution in [0, 0.1) is 0 Å². The molecule has 8 heteroatoms. The van der Waals surface area contributed by atoms with E-state index in [1.165, 1.54) is 11.8 Å². The number of carbonyl (C=O) groups is 2. The van der Waals surface area contributed by atoms with Crippen LogP contribution in [-0.2, 0) is 20.9 Å². The van der Waals surface area contributed by atoms with Gasteiger partial charge in [-0.2, -0.15) is 0 Å². The van der Waals surface area contributed by atoms with Crippen molar-refractivity contribution < 1.29 is 14.3 Å². The van der Waals surface area contributed by atoms with Gasteiger partial charge >= 0.3 is 5.97 Å². The zero-order chi connectivity index (χ0) is 14.4. The van der Waals surface area contributed by atoms with E-state index < -0.39 is 0 Å². The van der Waals surface area contributed by atoms with Crippen LogP contribution in [0.3, 0.4) is 0 Å². The Morgan fingerprint density at radius 2 is 2.00 bits per heavy atom. The lowest BCUT2D eigenvalue weighted by Crippen LogP contribution is -2.49. The molecule has 0 aliphatic carbocycles. The highest BCUT2D eigenvalue weighted by atomic mass is 16.5. The second-order valence-corrected chi connectivity index (χ2v) is 4.65. The molecule has 2 heterocycles. The molecule has 0 spiro atoms. The number of hydrogen-bond acceptors (Lipinski definition) is 6. The first-order valence-electron chi connectivity index (χ1n) is 6.60. The van der Waals surface area contributed by atoms with Gasteiger partial charge in [-0.25, -0.2) is 4.68 Å². The number of ether oxygens (including phenoxy) is 1. The van der Waals surface area contributed by atoms with E-state index in [2.05, 4.69) is 19.9 Å². The number of carbonyl (C=O) groups excluding carboxylic acids is 2. The quantitative estimate of drug-likeness (QED) is 0.643. The van der Waals surface area contributed by atoms with Gasteiger partial charge in [-0.1, -0.05) is 5.21 Å². The van der Waals surface area contributed by atoms with E-state index in [9.17, 15) is 9.59 Å². The summed E-state index contributed by atoms with van der Waals surface area (Å²) in [4.78, 5) is 27.1. The molecule has 0 aromatic carbocycles. The third-order valence-corrected chi connectivity index (χ3v) is 3.35. The Kier molecular flexibility index (Phi) is 5.05. The zero-order valence-electron chi connectivity index (χ0n) is 11.6. The van der Waals surface area contributed by atoms with Gasteiger partial charge in [0.25, 0.3) is 0 Å². The van der Waals surface area contributed by atoms with Gasteiger partial charge in [0.15, 0.2) is 0 Å². The van der Waals surface area contributed by atoms with Gasteiger partial charge in [-0.3, -0.25) is 14.5 Å². The minimum atomic E-state index is -0.199. The predicted molar refractivity (Wildman–Crippen MR) is 69.7 cm³/mol. The highest BCUT2D eigenvalue weighted by Gasteiger charge is 2.21. The van der Waals surface area contributed by atoms with E-state index in [0.717, 1.165) is 13.1 Å². The van der Waals surface area contributed by atoms with Crippen LogP contribution in [0.15, 0.2) is 12.4 Å². The summed E-state index contributed by atoms with van der Waals surface area (Å²) in [5, 5.41) is 7.45. The topological polar surface area (TPSA) is 80.6 Å². The van der Waals surface area contributed by atoms with Gasteiger partial charge in [-0.05, 0) is 0 Å². The van der Waals surface area contributed by atoms with E-state index in [-0.39, 0.29) is 18.4 Å². The number of nitrogens with zero attached hydrogens (tertiary/aromatic N) is 5. The van der Waals surface area contributed by atoms with Gasteiger partial charge in [0.2, 0.25) is 5.91 Å². The summed E-state index contributed by atoms with van der Waals surface area (Å²) in [7, 11) is 1.39. The number of methoxy groups -OCH3 is 1. The average Bonchev–Trinajstić information content (AvgIpc) is 2.98.